The van der Waals surface area contributed by atoms with Gasteiger partial charge in [0.2, 0.25) is 0 Å². The fourth-order valence-electron chi connectivity index (χ4n) is 1.08. The van der Waals surface area contributed by atoms with Crippen molar-refractivity contribution in [3.63, 3.8) is 0 Å². The van der Waals surface area contributed by atoms with Crippen molar-refractivity contribution in [3.8, 4) is 0 Å². The van der Waals surface area contributed by atoms with Gasteiger partial charge in [0.1, 0.15) is 0 Å². The van der Waals surface area contributed by atoms with Crippen molar-refractivity contribution in [2.45, 2.75) is 20.4 Å². The Balaban J connectivity index is 2.48. The van der Waals surface area contributed by atoms with Gasteiger partial charge in [0.15, 0.2) is 0 Å². The molecule has 14 heavy (non-hydrogen) atoms. The number of hydrogen-bond donors (Lipinski definition) is 1. The second kappa shape index (κ2) is 4.95. The van der Waals surface area contributed by atoms with Crippen LogP contribution in [0.2, 0.25) is 0 Å². The zero-order chi connectivity index (χ0) is 10.6. The molecule has 78 valence electrons. The van der Waals surface area contributed by atoms with Gasteiger partial charge in [-0.3, -0.25) is 0 Å². The van der Waals surface area contributed by atoms with Crippen LogP contribution in [0.5, 0.6) is 0 Å². The van der Waals surface area contributed by atoms with E-state index in [0.29, 0.717) is 13.1 Å². The molecule has 0 bridgehead atoms. The van der Waals surface area contributed by atoms with Crippen molar-refractivity contribution < 1.29 is 4.79 Å². The first kappa shape index (κ1) is 11.0. The lowest BCUT2D eigenvalue weighted by Gasteiger charge is -2.15. The van der Waals surface area contributed by atoms with Gasteiger partial charge in [-0.25, -0.2) is 9.78 Å². The first-order chi connectivity index (χ1) is 6.63. The SMILES string of the molecule is CCNC(=O)N(C)Cc1csc(C)n1. The zero-order valence-corrected chi connectivity index (χ0v) is 9.52. The Bertz CT molecular complexity index is 311. The molecule has 0 atom stereocenters. The van der Waals surface area contributed by atoms with E-state index in [1.165, 1.54) is 0 Å². The lowest BCUT2D eigenvalue weighted by molar-refractivity contribution is 0.207. The Labute approximate surface area is 88.0 Å². The van der Waals surface area contributed by atoms with Gasteiger partial charge in [-0.05, 0) is 13.8 Å². The van der Waals surface area contributed by atoms with Gasteiger partial charge in [-0.2, -0.15) is 0 Å². The smallest absolute Gasteiger partial charge is 0.317 e. The number of rotatable bonds is 3. The molecular formula is C9H15N3OS. The molecule has 1 aromatic rings. The topological polar surface area (TPSA) is 45.2 Å². The van der Waals surface area contributed by atoms with Crippen LogP contribution in [0.4, 0.5) is 4.79 Å². The zero-order valence-electron chi connectivity index (χ0n) is 8.70. The number of thiazole rings is 1. The van der Waals surface area contributed by atoms with E-state index in [4.69, 9.17) is 0 Å². The Kier molecular flexibility index (Phi) is 3.88. The van der Waals surface area contributed by atoms with E-state index in [9.17, 15) is 4.79 Å². The minimum absolute atomic E-state index is 0.0573. The third-order valence-electron chi connectivity index (χ3n) is 1.74. The van der Waals surface area contributed by atoms with Gasteiger partial charge in [0, 0.05) is 19.0 Å². The fourth-order valence-corrected chi connectivity index (χ4v) is 1.69. The Morgan fingerprint density at radius 3 is 2.93 bits per heavy atom. The highest BCUT2D eigenvalue weighted by atomic mass is 32.1. The molecule has 1 rings (SSSR count). The second-order valence-corrected chi connectivity index (χ2v) is 4.11. The number of aromatic nitrogens is 1. The Hall–Kier alpha value is -1.10. The quantitative estimate of drug-likeness (QED) is 0.829. The Morgan fingerprint density at radius 2 is 2.43 bits per heavy atom. The fraction of sp³-hybridized carbons (Fsp3) is 0.556. The number of carbonyl (C=O) groups excluding carboxylic acids is 1. The average molecular weight is 213 g/mol. The summed E-state index contributed by atoms with van der Waals surface area (Å²) in [5, 5.41) is 5.74. The molecule has 0 unspecified atom stereocenters. The lowest BCUT2D eigenvalue weighted by atomic mass is 10.4. The monoisotopic (exact) mass is 213 g/mol. The number of hydrogen-bond acceptors (Lipinski definition) is 3. The Morgan fingerprint density at radius 1 is 1.71 bits per heavy atom. The molecule has 0 saturated carbocycles. The number of urea groups is 1. The predicted molar refractivity (Wildman–Crippen MR) is 57.4 cm³/mol. The summed E-state index contributed by atoms with van der Waals surface area (Å²) >= 11 is 1.60. The highest BCUT2D eigenvalue weighted by molar-refractivity contribution is 7.09. The molecule has 0 fully saturated rings. The lowest BCUT2D eigenvalue weighted by Crippen LogP contribution is -2.36. The van der Waals surface area contributed by atoms with E-state index in [0.717, 1.165) is 10.7 Å². The summed E-state index contributed by atoms with van der Waals surface area (Å²) in [5.74, 6) is 0. The molecular weight excluding hydrogens is 198 g/mol. The van der Waals surface area contributed by atoms with Crippen molar-refractivity contribution in [2.24, 2.45) is 0 Å². The van der Waals surface area contributed by atoms with Crippen LogP contribution < -0.4 is 5.32 Å². The van der Waals surface area contributed by atoms with Crippen LogP contribution in [0.25, 0.3) is 0 Å². The summed E-state index contributed by atoms with van der Waals surface area (Å²) in [6.07, 6.45) is 0. The molecule has 1 N–H and O–H groups in total. The molecule has 1 aromatic heterocycles. The van der Waals surface area contributed by atoms with E-state index >= 15 is 0 Å². The number of nitrogens with zero attached hydrogens (tertiary/aromatic N) is 2. The van der Waals surface area contributed by atoms with Crippen LogP contribution in [-0.2, 0) is 6.54 Å². The molecule has 0 spiro atoms. The van der Waals surface area contributed by atoms with Crippen LogP contribution in [0, 0.1) is 6.92 Å². The van der Waals surface area contributed by atoms with Gasteiger partial charge in [-0.1, -0.05) is 0 Å². The number of carbonyl (C=O) groups is 1. The average Bonchev–Trinajstić information content (AvgIpc) is 2.51. The molecule has 0 aliphatic carbocycles. The van der Waals surface area contributed by atoms with Gasteiger partial charge in [0.05, 0.1) is 17.2 Å². The maximum Gasteiger partial charge on any atom is 0.317 e. The number of aryl methyl sites for hydroxylation is 1. The summed E-state index contributed by atoms with van der Waals surface area (Å²) in [6.45, 7) is 5.08. The van der Waals surface area contributed by atoms with Crippen molar-refractivity contribution in [3.05, 3.63) is 16.1 Å². The number of amides is 2. The van der Waals surface area contributed by atoms with Gasteiger partial charge >= 0.3 is 6.03 Å². The van der Waals surface area contributed by atoms with Gasteiger partial charge < -0.3 is 10.2 Å². The van der Waals surface area contributed by atoms with Crippen molar-refractivity contribution in [1.82, 2.24) is 15.2 Å². The highest BCUT2D eigenvalue weighted by Gasteiger charge is 2.08. The molecule has 2 amide bonds. The van der Waals surface area contributed by atoms with Crippen LogP contribution in [0.1, 0.15) is 17.6 Å². The van der Waals surface area contributed by atoms with E-state index < -0.39 is 0 Å². The van der Waals surface area contributed by atoms with Crippen molar-refractivity contribution >= 4 is 17.4 Å². The molecule has 4 nitrogen and oxygen atoms in total. The van der Waals surface area contributed by atoms with E-state index in [-0.39, 0.29) is 6.03 Å². The first-order valence-electron chi connectivity index (χ1n) is 4.53. The summed E-state index contributed by atoms with van der Waals surface area (Å²) in [5.41, 5.74) is 0.946. The normalized spacial score (nSPS) is 9.93. The van der Waals surface area contributed by atoms with Crippen LogP contribution in [0.15, 0.2) is 5.38 Å². The second-order valence-electron chi connectivity index (χ2n) is 3.05. The van der Waals surface area contributed by atoms with E-state index in [2.05, 4.69) is 10.3 Å². The maximum absolute atomic E-state index is 11.3. The van der Waals surface area contributed by atoms with Crippen LogP contribution in [0.3, 0.4) is 0 Å². The van der Waals surface area contributed by atoms with Crippen LogP contribution in [-0.4, -0.2) is 29.5 Å². The van der Waals surface area contributed by atoms with Gasteiger partial charge in [0.25, 0.3) is 0 Å². The van der Waals surface area contributed by atoms with E-state index in [1.54, 1.807) is 23.3 Å². The first-order valence-corrected chi connectivity index (χ1v) is 5.41. The van der Waals surface area contributed by atoms with E-state index in [1.807, 2.05) is 19.2 Å². The summed E-state index contributed by atoms with van der Waals surface area (Å²) in [4.78, 5) is 17.3. The largest absolute Gasteiger partial charge is 0.338 e. The minimum Gasteiger partial charge on any atom is -0.338 e. The van der Waals surface area contributed by atoms with Crippen molar-refractivity contribution in [2.75, 3.05) is 13.6 Å². The number of nitrogens with one attached hydrogen (secondary N) is 1. The molecule has 0 saturated heterocycles. The van der Waals surface area contributed by atoms with Crippen molar-refractivity contribution in [1.29, 1.82) is 0 Å². The minimum atomic E-state index is -0.0573. The maximum atomic E-state index is 11.3. The third-order valence-corrected chi connectivity index (χ3v) is 2.56. The predicted octanol–water partition coefficient (Wildman–Crippen LogP) is 1.61. The summed E-state index contributed by atoms with van der Waals surface area (Å²) < 4.78 is 0. The molecule has 0 radical (unpaired) electrons. The molecule has 1 heterocycles. The third kappa shape index (κ3) is 2.99. The molecule has 5 heteroatoms. The molecule has 0 aliphatic rings. The van der Waals surface area contributed by atoms with Gasteiger partial charge in [-0.15, -0.1) is 11.3 Å². The molecule has 0 aliphatic heterocycles. The highest BCUT2D eigenvalue weighted by Crippen LogP contribution is 2.09. The summed E-state index contributed by atoms with van der Waals surface area (Å²) in [6, 6.07) is -0.0573. The molecule has 0 aromatic carbocycles. The summed E-state index contributed by atoms with van der Waals surface area (Å²) in [7, 11) is 1.76. The standard InChI is InChI=1S/C9H15N3OS/c1-4-10-9(13)12(3)5-8-6-14-7(2)11-8/h6H,4-5H2,1-3H3,(H,10,13). The van der Waals surface area contributed by atoms with Crippen LogP contribution >= 0.6 is 11.3 Å².